The van der Waals surface area contributed by atoms with Crippen LogP contribution < -0.4 is 33.2 Å². The van der Waals surface area contributed by atoms with Crippen LogP contribution in [-0.4, -0.2) is 77.5 Å². The second-order valence-electron chi connectivity index (χ2n) is 8.98. The summed E-state index contributed by atoms with van der Waals surface area (Å²) in [6, 6.07) is -3.80. The molecule has 0 fully saturated rings. The molecule has 0 aliphatic rings. The van der Waals surface area contributed by atoms with Crippen molar-refractivity contribution < 1.29 is 24.3 Å². The molecular weight excluding hydrogens is 486 g/mol. The highest BCUT2D eigenvalue weighted by Gasteiger charge is 2.33. The van der Waals surface area contributed by atoms with E-state index in [2.05, 4.69) is 20.9 Å². The molecule has 0 spiro atoms. The van der Waals surface area contributed by atoms with E-state index in [4.69, 9.17) is 17.2 Å². The van der Waals surface area contributed by atoms with Crippen LogP contribution in [0.15, 0.2) is 4.99 Å². The van der Waals surface area contributed by atoms with Gasteiger partial charge in [0.25, 0.3) is 0 Å². The Balaban J connectivity index is 5.45. The minimum atomic E-state index is -1.13. The SMILES string of the molecule is CCC(C)C(NC(=O)C(CCSC)NC(=O)C(NC(=O)C(N)CCCN=C(N)N)C(C)CC)C(=O)O. The molecule has 6 atom stereocenters. The number of nitrogens with two attached hydrogens (primary N) is 3. The molecule has 6 unspecified atom stereocenters. The van der Waals surface area contributed by atoms with Crippen molar-refractivity contribution in [3.63, 3.8) is 0 Å². The number of amides is 3. The molecule has 36 heavy (non-hydrogen) atoms. The summed E-state index contributed by atoms with van der Waals surface area (Å²) >= 11 is 1.50. The van der Waals surface area contributed by atoms with E-state index in [1.54, 1.807) is 6.92 Å². The topological polar surface area (TPSA) is 215 Å². The van der Waals surface area contributed by atoms with Gasteiger partial charge in [-0.15, -0.1) is 0 Å². The van der Waals surface area contributed by atoms with Crippen LogP contribution in [0.2, 0.25) is 0 Å². The van der Waals surface area contributed by atoms with Crippen molar-refractivity contribution in [1.82, 2.24) is 16.0 Å². The highest BCUT2D eigenvalue weighted by Crippen LogP contribution is 2.12. The fourth-order valence-electron chi connectivity index (χ4n) is 3.32. The molecule has 0 aliphatic heterocycles. The van der Waals surface area contributed by atoms with Crippen LogP contribution in [0.25, 0.3) is 0 Å². The third-order valence-electron chi connectivity index (χ3n) is 6.12. The summed E-state index contributed by atoms with van der Waals surface area (Å²) in [6.07, 6.45) is 4.14. The zero-order valence-corrected chi connectivity index (χ0v) is 22.9. The van der Waals surface area contributed by atoms with E-state index >= 15 is 0 Å². The summed E-state index contributed by atoms with van der Waals surface area (Å²) in [6.45, 7) is 7.61. The number of nitrogens with zero attached hydrogens (tertiary/aromatic N) is 1. The first kappa shape index (κ1) is 33.5. The fraction of sp³-hybridized carbons (Fsp3) is 0.783. The second kappa shape index (κ2) is 17.8. The summed E-state index contributed by atoms with van der Waals surface area (Å²) in [7, 11) is 0. The minimum Gasteiger partial charge on any atom is -0.480 e. The number of rotatable bonds is 18. The van der Waals surface area contributed by atoms with E-state index < -0.39 is 47.9 Å². The Hall–Kier alpha value is -2.54. The number of carbonyl (C=O) groups is 4. The molecule has 0 aromatic carbocycles. The third-order valence-corrected chi connectivity index (χ3v) is 6.76. The number of thioether (sulfide) groups is 1. The summed E-state index contributed by atoms with van der Waals surface area (Å²) in [5.41, 5.74) is 16.6. The van der Waals surface area contributed by atoms with Gasteiger partial charge >= 0.3 is 5.97 Å². The Labute approximate surface area is 218 Å². The molecule has 0 rings (SSSR count). The maximum Gasteiger partial charge on any atom is 0.326 e. The van der Waals surface area contributed by atoms with Crippen LogP contribution in [-0.2, 0) is 19.2 Å². The number of hydrogen-bond acceptors (Lipinski definition) is 7. The highest BCUT2D eigenvalue weighted by molar-refractivity contribution is 7.98. The van der Waals surface area contributed by atoms with Gasteiger partial charge in [-0.25, -0.2) is 4.79 Å². The first-order valence-corrected chi connectivity index (χ1v) is 13.7. The quantitative estimate of drug-likeness (QED) is 0.0704. The molecule has 0 bridgehead atoms. The van der Waals surface area contributed by atoms with Gasteiger partial charge in [-0.1, -0.05) is 40.5 Å². The molecule has 0 saturated heterocycles. The Morgan fingerprint density at radius 3 is 1.94 bits per heavy atom. The highest BCUT2D eigenvalue weighted by atomic mass is 32.2. The number of carboxylic acids is 1. The fourth-order valence-corrected chi connectivity index (χ4v) is 3.79. The molecule has 12 nitrogen and oxygen atoms in total. The molecule has 13 heteroatoms. The van der Waals surface area contributed by atoms with E-state index in [0.29, 0.717) is 44.4 Å². The Kier molecular flexibility index (Phi) is 16.6. The van der Waals surface area contributed by atoms with Gasteiger partial charge in [0, 0.05) is 6.54 Å². The number of hydrogen-bond donors (Lipinski definition) is 7. The van der Waals surface area contributed by atoms with Crippen LogP contribution in [0.4, 0.5) is 0 Å². The number of carboxylic acid groups (broad SMARTS) is 1. The van der Waals surface area contributed by atoms with Crippen LogP contribution in [0.5, 0.6) is 0 Å². The van der Waals surface area contributed by atoms with Gasteiger partial charge in [0.2, 0.25) is 17.7 Å². The van der Waals surface area contributed by atoms with Gasteiger partial charge in [0.15, 0.2) is 5.96 Å². The van der Waals surface area contributed by atoms with Gasteiger partial charge in [0.05, 0.1) is 6.04 Å². The van der Waals surface area contributed by atoms with Gasteiger partial charge in [0.1, 0.15) is 18.1 Å². The van der Waals surface area contributed by atoms with Crippen LogP contribution in [0.3, 0.4) is 0 Å². The zero-order valence-electron chi connectivity index (χ0n) is 22.1. The molecule has 0 saturated carbocycles. The smallest absolute Gasteiger partial charge is 0.326 e. The maximum atomic E-state index is 13.2. The van der Waals surface area contributed by atoms with E-state index in [9.17, 15) is 24.3 Å². The van der Waals surface area contributed by atoms with Crippen molar-refractivity contribution in [3.8, 4) is 0 Å². The molecule has 0 heterocycles. The average Bonchev–Trinajstić information content (AvgIpc) is 2.83. The molecule has 0 aliphatic carbocycles. The van der Waals surface area contributed by atoms with E-state index in [1.165, 1.54) is 11.8 Å². The van der Waals surface area contributed by atoms with Crippen molar-refractivity contribution in [3.05, 3.63) is 0 Å². The summed E-state index contributed by atoms with van der Waals surface area (Å²) in [5, 5.41) is 17.5. The average molecular weight is 532 g/mol. The predicted octanol–water partition coefficient (Wildman–Crippen LogP) is -0.248. The van der Waals surface area contributed by atoms with E-state index in [1.807, 2.05) is 27.0 Å². The molecule has 0 aromatic rings. The molecular formula is C23H45N7O5S. The van der Waals surface area contributed by atoms with Crippen molar-refractivity contribution in [2.75, 3.05) is 18.6 Å². The van der Waals surface area contributed by atoms with Gasteiger partial charge in [-0.3, -0.25) is 19.4 Å². The molecule has 0 radical (unpaired) electrons. The summed E-state index contributed by atoms with van der Waals surface area (Å²) in [5.74, 6) is -2.72. The molecule has 3 amide bonds. The normalized spacial score (nSPS) is 15.9. The zero-order chi connectivity index (χ0) is 27.8. The number of nitrogens with one attached hydrogen (secondary N) is 3. The largest absolute Gasteiger partial charge is 0.480 e. The van der Waals surface area contributed by atoms with Crippen molar-refractivity contribution in [2.45, 2.75) is 84.0 Å². The minimum absolute atomic E-state index is 0.0413. The van der Waals surface area contributed by atoms with Gasteiger partial charge in [-0.2, -0.15) is 11.8 Å². The first-order chi connectivity index (χ1) is 16.9. The number of carbonyl (C=O) groups excluding carboxylic acids is 3. The maximum absolute atomic E-state index is 13.2. The predicted molar refractivity (Wildman–Crippen MR) is 143 cm³/mol. The van der Waals surface area contributed by atoms with E-state index in [-0.39, 0.29) is 17.8 Å². The second-order valence-corrected chi connectivity index (χ2v) is 9.97. The summed E-state index contributed by atoms with van der Waals surface area (Å²) in [4.78, 5) is 54.4. The number of guanidine groups is 1. The molecule has 10 N–H and O–H groups in total. The first-order valence-electron chi connectivity index (χ1n) is 12.3. The van der Waals surface area contributed by atoms with Crippen molar-refractivity contribution in [2.24, 2.45) is 34.0 Å². The number of aliphatic imine (C=N–C) groups is 1. The van der Waals surface area contributed by atoms with Crippen LogP contribution in [0, 0.1) is 11.8 Å². The van der Waals surface area contributed by atoms with Crippen LogP contribution in [0.1, 0.15) is 59.8 Å². The molecule has 0 aromatic heterocycles. The van der Waals surface area contributed by atoms with Gasteiger partial charge < -0.3 is 38.3 Å². The lowest BCUT2D eigenvalue weighted by Crippen LogP contribution is -2.59. The Bertz CT molecular complexity index is 748. The Morgan fingerprint density at radius 1 is 0.889 bits per heavy atom. The third kappa shape index (κ3) is 12.4. The number of aliphatic carboxylic acids is 1. The van der Waals surface area contributed by atoms with Crippen molar-refractivity contribution >= 4 is 41.4 Å². The summed E-state index contributed by atoms with van der Waals surface area (Å²) < 4.78 is 0. The van der Waals surface area contributed by atoms with Crippen molar-refractivity contribution in [1.29, 1.82) is 0 Å². The van der Waals surface area contributed by atoms with E-state index in [0.717, 1.165) is 0 Å². The lowest BCUT2D eigenvalue weighted by molar-refractivity contribution is -0.144. The lowest BCUT2D eigenvalue weighted by Gasteiger charge is -2.28. The van der Waals surface area contributed by atoms with Gasteiger partial charge in [-0.05, 0) is 43.1 Å². The molecule has 208 valence electrons. The standard InChI is InChI=1S/C23H45N7O5S/c1-6-13(3)17(29-19(31)15(24)9-8-11-27-23(25)26)21(33)28-16(10-12-36-5)20(32)30-18(22(34)35)14(4)7-2/h13-18H,6-12,24H2,1-5H3,(H,28,33)(H,29,31)(H,30,32)(H,34,35)(H4,25,26,27). The monoisotopic (exact) mass is 531 g/mol. The van der Waals surface area contributed by atoms with Crippen LogP contribution >= 0.6 is 11.8 Å². The Morgan fingerprint density at radius 2 is 1.44 bits per heavy atom. The lowest BCUT2D eigenvalue weighted by atomic mass is 9.96.